The third kappa shape index (κ3) is 33.9. The van der Waals surface area contributed by atoms with Crippen molar-refractivity contribution in [3.63, 3.8) is 0 Å². The second-order valence-corrected chi connectivity index (χ2v) is 51.8. The van der Waals surface area contributed by atoms with Gasteiger partial charge in [0.15, 0.2) is 0 Å². The van der Waals surface area contributed by atoms with Crippen LogP contribution in [0.5, 0.6) is 0 Å². The molecule has 141 heavy (non-hydrogen) atoms. The summed E-state index contributed by atoms with van der Waals surface area (Å²) in [6.07, 6.45) is 1.40. The van der Waals surface area contributed by atoms with Gasteiger partial charge < -0.3 is 22.1 Å². The van der Waals surface area contributed by atoms with E-state index in [1.165, 1.54) is 133 Å². The van der Waals surface area contributed by atoms with E-state index in [1.54, 1.807) is 12.1 Å². The molecular formula is C80H48Br4Cl19InN10O20S7. The van der Waals surface area contributed by atoms with Crippen molar-refractivity contribution in [2.75, 3.05) is 33.2 Å². The fourth-order valence-electron chi connectivity index (χ4n) is 10.8. The van der Waals surface area contributed by atoms with Crippen LogP contribution in [0.15, 0.2) is 294 Å². The van der Waals surface area contributed by atoms with E-state index >= 15 is 0 Å². The Bertz CT molecular complexity index is 7620. The van der Waals surface area contributed by atoms with Crippen molar-refractivity contribution >= 4 is 447 Å². The van der Waals surface area contributed by atoms with Gasteiger partial charge in [-0.25, -0.2) is 68.5 Å². The van der Waals surface area contributed by atoms with E-state index in [2.05, 4.69) is 79.3 Å². The summed E-state index contributed by atoms with van der Waals surface area (Å²) in [7, 11) is -28.0. The average molecular weight is 2800 g/mol. The van der Waals surface area contributed by atoms with Crippen LogP contribution in [0.2, 0.25) is 90.4 Å². The number of nitrogens with two attached hydrogens (primary N) is 2. The Balaban J connectivity index is 0.000000246. The molecule has 0 saturated heterocycles. The fourth-order valence-corrected chi connectivity index (χ4v) is 31.1. The maximum absolute atomic E-state index is 14.0. The molecule has 0 bridgehead atoms. The third-order valence-electron chi connectivity index (χ3n) is 16.5. The number of carbonyl (C=O) groups is 1. The predicted octanol–water partition coefficient (Wildman–Crippen LogP) is 29.0. The fraction of sp³-hybridized carbons (Fsp3) is 0. The number of nitro benzene ring substituents is 2. The second-order valence-electron chi connectivity index (χ2n) is 26.6. The SMILES string of the molecule is Nc1cc([N+](=O)[O-])ccc1Br.Nc1ccc(Br)c(N(S(=O)(=O)c2cc(Cl)cc(Cl)c2)S(=O)(=O)c2cc(Cl)cc(Cl)c2)c1.O=C(Nc1cc(Cl)cc(Cl)c1)Nc1ccc(Br)c(N(S(=O)(=O)c2cc(Cl)cc(Cl)c2)S(=O)(=O)c2cc(Cl)cc(Cl)c2)c1.O=C=Nc1cc(Cl)cc(Cl)c1.O=S(=O)(Cl)c1cc(Cl)cc(Cl)c1.O=[N+]([O-])c1ccc(Br)c(N(S(=O)(=O)c2cc(Cl)cc(Cl)c2)S(=O)(=O)c2cc(Cl)cc(Cl)c2)c1.[InH3]. The van der Waals surface area contributed by atoms with Crippen LogP contribution in [0.4, 0.5) is 61.7 Å². The van der Waals surface area contributed by atoms with Gasteiger partial charge in [-0.1, -0.05) is 209 Å². The Labute approximate surface area is 950 Å². The molecule has 0 unspecified atom stereocenters. The third-order valence-corrected chi connectivity index (χ3v) is 36.8. The van der Waals surface area contributed by atoms with E-state index in [0.717, 1.165) is 97.1 Å². The molecular weight excluding hydrogens is 2750 g/mol. The zero-order chi connectivity index (χ0) is 105. The van der Waals surface area contributed by atoms with Gasteiger partial charge in [0.05, 0.1) is 72.6 Å². The van der Waals surface area contributed by atoms with Crippen molar-refractivity contribution in [1.29, 1.82) is 0 Å². The molecule has 6 N–H and O–H groups in total. The minimum atomic E-state index is -4.96. The number of isocyanates is 1. The second kappa shape index (κ2) is 51.9. The Hall–Kier alpha value is -5.74. The molecule has 13 aromatic rings. The summed E-state index contributed by atoms with van der Waals surface area (Å²) in [6.45, 7) is 0. The molecule has 0 aliphatic rings. The number of amides is 2. The van der Waals surface area contributed by atoms with Crippen molar-refractivity contribution in [2.24, 2.45) is 4.99 Å². The molecule has 0 atom stereocenters. The average Bonchev–Trinajstić information content (AvgIpc) is 0.744. The Kier molecular flexibility index (Phi) is 45.0. The van der Waals surface area contributed by atoms with Gasteiger partial charge in [0.1, 0.15) is 0 Å². The van der Waals surface area contributed by atoms with Crippen LogP contribution in [0, 0.1) is 20.2 Å². The van der Waals surface area contributed by atoms with E-state index in [4.69, 9.17) is 231 Å². The molecule has 0 aromatic heterocycles. The molecule has 0 aliphatic heterocycles. The van der Waals surface area contributed by atoms with Crippen LogP contribution >= 0.6 is 283 Å². The van der Waals surface area contributed by atoms with Crippen molar-refractivity contribution < 1.29 is 78.4 Å². The van der Waals surface area contributed by atoms with Crippen LogP contribution in [-0.2, 0) is 74.0 Å². The molecule has 744 valence electrons. The molecule has 61 heteroatoms. The van der Waals surface area contributed by atoms with Crippen LogP contribution in [0.3, 0.4) is 0 Å². The van der Waals surface area contributed by atoms with E-state index in [0.29, 0.717) is 25.9 Å². The van der Waals surface area contributed by atoms with E-state index in [9.17, 15) is 88.7 Å². The maximum atomic E-state index is 14.0. The summed E-state index contributed by atoms with van der Waals surface area (Å²) in [4.78, 5) is 42.9. The number of urea groups is 1. The number of nitrogen functional groups attached to an aromatic ring is 2. The van der Waals surface area contributed by atoms with Gasteiger partial charge >= 0.3 is 31.9 Å². The van der Waals surface area contributed by atoms with Gasteiger partial charge in [-0.3, -0.25) is 20.2 Å². The van der Waals surface area contributed by atoms with Gasteiger partial charge in [-0.05, 0) is 276 Å². The summed E-state index contributed by atoms with van der Waals surface area (Å²) in [5, 5.41) is 27.9. The summed E-state index contributed by atoms with van der Waals surface area (Å²) in [5.74, 6) is 0. The zero-order valence-electron chi connectivity index (χ0n) is 67.6. The van der Waals surface area contributed by atoms with E-state index in [1.807, 2.05) is 0 Å². The van der Waals surface area contributed by atoms with Gasteiger partial charge in [-0.15, -0.1) is 0 Å². The number of aliphatic imine (C=N–C) groups is 1. The van der Waals surface area contributed by atoms with Crippen LogP contribution in [-0.4, -0.2) is 107 Å². The monoisotopic (exact) mass is 2790 g/mol. The van der Waals surface area contributed by atoms with Gasteiger partial charge in [0, 0.05) is 160 Å². The first-order valence-corrected chi connectivity index (χ1v) is 56.9. The molecule has 2 amide bonds. The van der Waals surface area contributed by atoms with E-state index in [-0.39, 0.29) is 164 Å². The molecule has 0 spiro atoms. The van der Waals surface area contributed by atoms with Crippen molar-refractivity contribution in [3.8, 4) is 0 Å². The summed E-state index contributed by atoms with van der Waals surface area (Å²) in [5.41, 5.74) is 10.6. The van der Waals surface area contributed by atoms with Crippen molar-refractivity contribution in [2.45, 2.75) is 34.3 Å². The van der Waals surface area contributed by atoms with Crippen LogP contribution in [0.25, 0.3) is 0 Å². The number of hydrogen-bond acceptors (Lipinski definition) is 23. The number of non-ortho nitro benzene ring substituents is 2. The van der Waals surface area contributed by atoms with Crippen LogP contribution < -0.4 is 33.2 Å². The number of carbonyl (C=O) groups excluding carboxylic acids is 2. The van der Waals surface area contributed by atoms with Gasteiger partial charge in [-0.2, -0.15) is 16.1 Å². The minimum absolute atomic E-state index is 0. The number of sulfonamides is 6. The first-order chi connectivity index (χ1) is 64.8. The van der Waals surface area contributed by atoms with Crippen molar-refractivity contribution in [1.82, 2.24) is 0 Å². The van der Waals surface area contributed by atoms with Gasteiger partial charge in [0.2, 0.25) is 6.08 Å². The number of hydrogen-bond donors (Lipinski definition) is 4. The number of benzene rings is 13. The summed E-state index contributed by atoms with van der Waals surface area (Å²) >= 11 is 119. The molecule has 0 fully saturated rings. The number of nitro groups is 2. The molecule has 0 heterocycles. The molecule has 0 aliphatic carbocycles. The topological polar surface area (TPSA) is 458 Å². The quantitative estimate of drug-likeness (QED) is 0.0130. The van der Waals surface area contributed by atoms with Gasteiger partial charge in [0.25, 0.3) is 80.6 Å². The first-order valence-electron chi connectivity index (χ1n) is 36.0. The first kappa shape index (κ1) is 122. The number of halogens is 23. The Morgan fingerprint density at radius 3 is 0.801 bits per heavy atom. The number of nitrogens with one attached hydrogen (secondary N) is 2. The number of anilines is 7. The Morgan fingerprint density at radius 1 is 0.305 bits per heavy atom. The summed E-state index contributed by atoms with van der Waals surface area (Å²) < 4.78 is 188. The van der Waals surface area contributed by atoms with E-state index < -0.39 is 132 Å². The molecule has 13 rings (SSSR count). The van der Waals surface area contributed by atoms with Crippen molar-refractivity contribution in [3.05, 3.63) is 365 Å². The van der Waals surface area contributed by atoms with Crippen LogP contribution in [0.1, 0.15) is 0 Å². The molecule has 0 saturated carbocycles. The Morgan fingerprint density at radius 2 is 0.532 bits per heavy atom. The predicted molar refractivity (Wildman–Crippen MR) is 581 cm³/mol. The summed E-state index contributed by atoms with van der Waals surface area (Å²) in [6, 6.07) is 47.4. The molecule has 13 aromatic carbocycles. The number of nitrogens with zero attached hydrogens (tertiary/aromatic N) is 6. The normalized spacial score (nSPS) is 11.3. The number of rotatable bonds is 21. The standard InChI is InChI=1S/C25H14BrCl6N3O5S2.C18H9BrCl4N2O6S2.C18H11BrCl4N2O4S2.C7H3Cl2NO.C6H5BrN2O2.C6H3Cl3O2S.In.3H/c26-23-2-1-19(33-25(36)34-20-6-13(27)3-14(28)7-20)12-24(23)35(41(37,38)21-8-15(29)4-16(30)9-21)42(39,40)22-10-17(31)5-18(32)11-22;19-17-2-1-14(24(26)27)9-18(17)25(32(28,29)15-5-10(20)3-11(21)6-15)33(30,31)16-7-12(22)4-13(23)8-16;19-17-2-1-14(24)9-18(17)25(30(26,27)15-5-10(20)3-11(21)6-15)31(28,29)16-7-12(22)4-13(23)8-16;8-5-1-6(9)3-7(2-5)10-4-11;7-5-2-1-4(9(10)11)3-6(5)8;7-4-1-5(8)3-6(2-4)12(9,10)11;;;;/h1-12H,(H2,33,34,36);1-9H;1-9H,24H2;1-3H;1-3H,8H2;1-3H;;;;. The zero-order valence-corrected chi connectivity index (χ0v) is 94.0. The molecule has 30 nitrogen and oxygen atoms in total. The molecule has 0 radical (unpaired) electrons.